The molecule has 0 radical (unpaired) electrons. The molecule has 1 unspecified atom stereocenters. The van der Waals surface area contributed by atoms with Crippen LogP contribution in [0.4, 0.5) is 5.13 Å². The molecule has 1 atom stereocenters. The van der Waals surface area contributed by atoms with Crippen LogP contribution in [0.1, 0.15) is 29.8 Å². The van der Waals surface area contributed by atoms with Gasteiger partial charge in [0.15, 0.2) is 10.8 Å². The van der Waals surface area contributed by atoms with Crippen LogP contribution in [0.3, 0.4) is 0 Å². The van der Waals surface area contributed by atoms with Gasteiger partial charge in [0, 0.05) is 11.9 Å². The first kappa shape index (κ1) is 10.4. The number of hydrogen-bond acceptors (Lipinski definition) is 5. The van der Waals surface area contributed by atoms with E-state index in [0.717, 1.165) is 25.8 Å². The number of carboxylic acid groups (broad SMARTS) is 1. The molecule has 6 heteroatoms. The minimum Gasteiger partial charge on any atom is -0.476 e. The highest BCUT2D eigenvalue weighted by atomic mass is 32.1. The number of piperidine rings is 1. The van der Waals surface area contributed by atoms with Crippen LogP contribution >= 0.6 is 11.3 Å². The fourth-order valence-corrected chi connectivity index (χ4v) is 2.50. The molecule has 0 amide bonds. The molecule has 0 aliphatic carbocycles. The van der Waals surface area contributed by atoms with Crippen molar-refractivity contribution in [1.29, 1.82) is 0 Å². The van der Waals surface area contributed by atoms with Crippen molar-refractivity contribution >= 4 is 22.4 Å². The number of aliphatic hydroxyl groups excluding tert-OH is 1. The summed E-state index contributed by atoms with van der Waals surface area (Å²) >= 11 is 1.26. The standard InChI is InChI=1S/C9H12N2O3S/c12-7-3-1-2-4-11(7)9-10-6(5-15-9)8(13)14/h5,7,12H,1-4H2,(H,13,14). The van der Waals surface area contributed by atoms with Crippen LogP contribution < -0.4 is 4.90 Å². The van der Waals surface area contributed by atoms with Crippen LogP contribution in [0.5, 0.6) is 0 Å². The normalized spacial score (nSPS) is 21.7. The smallest absolute Gasteiger partial charge is 0.355 e. The predicted octanol–water partition coefficient (Wildman–Crippen LogP) is 1.15. The van der Waals surface area contributed by atoms with Crippen molar-refractivity contribution in [2.45, 2.75) is 25.5 Å². The van der Waals surface area contributed by atoms with Gasteiger partial charge in [0.1, 0.15) is 6.23 Å². The van der Waals surface area contributed by atoms with E-state index in [1.807, 2.05) is 0 Å². The molecule has 5 nitrogen and oxygen atoms in total. The highest BCUT2D eigenvalue weighted by molar-refractivity contribution is 7.13. The zero-order chi connectivity index (χ0) is 10.8. The molecule has 1 fully saturated rings. The Morgan fingerprint density at radius 2 is 2.40 bits per heavy atom. The molecule has 2 N–H and O–H groups in total. The highest BCUT2D eigenvalue weighted by Crippen LogP contribution is 2.26. The summed E-state index contributed by atoms with van der Waals surface area (Å²) in [6, 6.07) is 0. The van der Waals surface area contributed by atoms with Crippen molar-refractivity contribution in [3.63, 3.8) is 0 Å². The Bertz CT molecular complexity index is 366. The van der Waals surface area contributed by atoms with Gasteiger partial charge in [-0.15, -0.1) is 11.3 Å². The van der Waals surface area contributed by atoms with Gasteiger partial charge < -0.3 is 15.1 Å². The maximum absolute atomic E-state index is 10.6. The fraction of sp³-hybridized carbons (Fsp3) is 0.556. The number of rotatable bonds is 2. The first-order valence-corrected chi connectivity index (χ1v) is 5.70. The largest absolute Gasteiger partial charge is 0.476 e. The molecule has 1 aliphatic rings. The number of aromatic carboxylic acids is 1. The van der Waals surface area contributed by atoms with Crippen molar-refractivity contribution < 1.29 is 15.0 Å². The molecule has 0 aromatic carbocycles. The lowest BCUT2D eigenvalue weighted by atomic mass is 10.1. The Labute approximate surface area is 91.0 Å². The summed E-state index contributed by atoms with van der Waals surface area (Å²) in [4.78, 5) is 16.4. The van der Waals surface area contributed by atoms with Crippen LogP contribution in [0.2, 0.25) is 0 Å². The number of aliphatic hydroxyl groups is 1. The molecule has 1 aliphatic heterocycles. The molecule has 1 aromatic rings. The minimum atomic E-state index is -1.02. The molecule has 1 aromatic heterocycles. The summed E-state index contributed by atoms with van der Waals surface area (Å²) in [5.74, 6) is -1.02. The molecule has 2 heterocycles. The van der Waals surface area contributed by atoms with Crippen LogP contribution in [0, 0.1) is 0 Å². The lowest BCUT2D eigenvalue weighted by Gasteiger charge is -2.31. The Kier molecular flexibility index (Phi) is 2.88. The second-order valence-electron chi connectivity index (χ2n) is 3.49. The molecule has 15 heavy (non-hydrogen) atoms. The quantitative estimate of drug-likeness (QED) is 0.794. The number of carboxylic acids is 1. The first-order chi connectivity index (χ1) is 7.18. The van der Waals surface area contributed by atoms with Gasteiger partial charge in [-0.2, -0.15) is 0 Å². The van der Waals surface area contributed by atoms with Gasteiger partial charge >= 0.3 is 5.97 Å². The third-order valence-corrected chi connectivity index (χ3v) is 3.31. The van der Waals surface area contributed by atoms with Crippen LogP contribution in [-0.4, -0.2) is 33.9 Å². The summed E-state index contributed by atoms with van der Waals surface area (Å²) < 4.78 is 0. The van der Waals surface area contributed by atoms with Gasteiger partial charge in [-0.05, 0) is 19.3 Å². The van der Waals surface area contributed by atoms with E-state index in [2.05, 4.69) is 4.98 Å². The average Bonchev–Trinajstić information content (AvgIpc) is 2.67. The lowest BCUT2D eigenvalue weighted by Crippen LogP contribution is -2.39. The Balaban J connectivity index is 2.17. The topological polar surface area (TPSA) is 73.7 Å². The number of aromatic nitrogens is 1. The Hall–Kier alpha value is -1.14. The Morgan fingerprint density at radius 1 is 1.60 bits per heavy atom. The predicted molar refractivity (Wildman–Crippen MR) is 56.3 cm³/mol. The lowest BCUT2D eigenvalue weighted by molar-refractivity contribution is 0.0691. The fourth-order valence-electron chi connectivity index (χ4n) is 1.63. The maximum atomic E-state index is 10.6. The molecule has 0 saturated carbocycles. The minimum absolute atomic E-state index is 0.0489. The molecular formula is C9H12N2O3S. The van der Waals surface area contributed by atoms with E-state index in [4.69, 9.17) is 5.11 Å². The van der Waals surface area contributed by atoms with E-state index in [1.54, 1.807) is 4.90 Å². The second-order valence-corrected chi connectivity index (χ2v) is 4.33. The molecule has 1 saturated heterocycles. The van der Waals surface area contributed by atoms with Crippen molar-refractivity contribution in [3.8, 4) is 0 Å². The number of anilines is 1. The first-order valence-electron chi connectivity index (χ1n) is 4.82. The van der Waals surface area contributed by atoms with Crippen molar-refractivity contribution in [2.75, 3.05) is 11.4 Å². The monoisotopic (exact) mass is 228 g/mol. The van der Waals surface area contributed by atoms with E-state index in [0.29, 0.717) is 5.13 Å². The van der Waals surface area contributed by atoms with Crippen LogP contribution in [-0.2, 0) is 0 Å². The molecular weight excluding hydrogens is 216 g/mol. The van der Waals surface area contributed by atoms with E-state index < -0.39 is 12.2 Å². The SMILES string of the molecule is O=C(O)c1csc(N2CCCCC2O)n1. The summed E-state index contributed by atoms with van der Waals surface area (Å²) in [7, 11) is 0. The third-order valence-electron chi connectivity index (χ3n) is 2.43. The number of hydrogen-bond donors (Lipinski definition) is 2. The van der Waals surface area contributed by atoms with E-state index in [-0.39, 0.29) is 5.69 Å². The van der Waals surface area contributed by atoms with Gasteiger partial charge in [0.05, 0.1) is 0 Å². The van der Waals surface area contributed by atoms with E-state index >= 15 is 0 Å². The molecule has 0 bridgehead atoms. The summed E-state index contributed by atoms with van der Waals surface area (Å²) in [5.41, 5.74) is 0.0489. The Morgan fingerprint density at radius 3 is 3.00 bits per heavy atom. The number of thiazole rings is 1. The van der Waals surface area contributed by atoms with Gasteiger partial charge in [0.25, 0.3) is 0 Å². The van der Waals surface area contributed by atoms with E-state index in [9.17, 15) is 9.90 Å². The van der Waals surface area contributed by atoms with Gasteiger partial charge in [0.2, 0.25) is 0 Å². The summed E-state index contributed by atoms with van der Waals surface area (Å²) in [6.45, 7) is 0.744. The van der Waals surface area contributed by atoms with E-state index in [1.165, 1.54) is 16.7 Å². The van der Waals surface area contributed by atoms with Gasteiger partial charge in [-0.25, -0.2) is 9.78 Å². The van der Waals surface area contributed by atoms with Gasteiger partial charge in [-0.1, -0.05) is 0 Å². The van der Waals surface area contributed by atoms with Crippen molar-refractivity contribution in [3.05, 3.63) is 11.1 Å². The number of carbonyl (C=O) groups is 1. The summed E-state index contributed by atoms with van der Waals surface area (Å²) in [5, 5.41) is 20.5. The summed E-state index contributed by atoms with van der Waals surface area (Å²) in [6.07, 6.45) is 2.22. The van der Waals surface area contributed by atoms with Gasteiger partial charge in [-0.3, -0.25) is 0 Å². The van der Waals surface area contributed by atoms with Crippen LogP contribution in [0.15, 0.2) is 5.38 Å². The molecule has 82 valence electrons. The molecule has 2 rings (SSSR count). The highest BCUT2D eigenvalue weighted by Gasteiger charge is 2.23. The van der Waals surface area contributed by atoms with Crippen molar-refractivity contribution in [2.24, 2.45) is 0 Å². The zero-order valence-electron chi connectivity index (χ0n) is 8.09. The second kappa shape index (κ2) is 4.16. The van der Waals surface area contributed by atoms with Crippen molar-refractivity contribution in [1.82, 2.24) is 4.98 Å². The molecule has 0 spiro atoms. The zero-order valence-corrected chi connectivity index (χ0v) is 8.90. The number of nitrogens with zero attached hydrogens (tertiary/aromatic N) is 2. The maximum Gasteiger partial charge on any atom is 0.355 e. The third kappa shape index (κ3) is 2.10. The van der Waals surface area contributed by atoms with Crippen LogP contribution in [0.25, 0.3) is 0 Å². The average molecular weight is 228 g/mol.